The zero-order chi connectivity index (χ0) is 12.4. The lowest BCUT2D eigenvalue weighted by Crippen LogP contribution is -2.42. The summed E-state index contributed by atoms with van der Waals surface area (Å²) < 4.78 is 5.27. The highest BCUT2D eigenvalue weighted by Gasteiger charge is 2.39. The molecule has 17 heavy (non-hydrogen) atoms. The van der Waals surface area contributed by atoms with E-state index in [1.807, 2.05) is 0 Å². The van der Waals surface area contributed by atoms with Crippen LogP contribution in [0.3, 0.4) is 0 Å². The van der Waals surface area contributed by atoms with Crippen LogP contribution < -0.4 is 0 Å². The quantitative estimate of drug-likeness (QED) is 0.680. The van der Waals surface area contributed by atoms with Crippen molar-refractivity contribution in [1.29, 1.82) is 0 Å². The molecule has 2 rings (SSSR count). The number of carbonyl (C=O) groups excluding carboxylic acids is 2. The summed E-state index contributed by atoms with van der Waals surface area (Å²) in [5, 5.41) is 0. The maximum absolute atomic E-state index is 12.1. The van der Waals surface area contributed by atoms with E-state index < -0.39 is 5.92 Å². The van der Waals surface area contributed by atoms with Crippen molar-refractivity contribution in [2.24, 2.45) is 22.7 Å². The zero-order valence-electron chi connectivity index (χ0n) is 10.4. The number of ketones is 2. The summed E-state index contributed by atoms with van der Waals surface area (Å²) in [7, 11) is 0. The lowest BCUT2D eigenvalue weighted by molar-refractivity contribution is -0.135. The van der Waals surface area contributed by atoms with E-state index >= 15 is 0 Å². The van der Waals surface area contributed by atoms with E-state index in [1.54, 1.807) is 0 Å². The predicted octanol–water partition coefficient (Wildman–Crippen LogP) is 1.28. The van der Waals surface area contributed by atoms with Gasteiger partial charge in [0.05, 0.1) is 25.5 Å². The molecule has 0 unspecified atom stereocenters. The van der Waals surface area contributed by atoms with Crippen LogP contribution >= 0.6 is 0 Å². The van der Waals surface area contributed by atoms with E-state index in [1.165, 1.54) is 0 Å². The summed E-state index contributed by atoms with van der Waals surface area (Å²) in [6.45, 7) is 5.63. The second kappa shape index (κ2) is 5.08. The Morgan fingerprint density at radius 2 is 1.88 bits per heavy atom. The topological polar surface area (TPSA) is 55.7 Å². The number of aliphatic imine (C=N–C) groups is 1. The highest BCUT2D eigenvalue weighted by molar-refractivity contribution is 6.22. The maximum Gasteiger partial charge on any atom is 0.149 e. The third-order valence-corrected chi connectivity index (χ3v) is 3.65. The van der Waals surface area contributed by atoms with Gasteiger partial charge in [-0.15, -0.1) is 0 Å². The smallest absolute Gasteiger partial charge is 0.149 e. The first-order valence-corrected chi connectivity index (χ1v) is 6.26. The number of rotatable bonds is 2. The highest BCUT2D eigenvalue weighted by Crippen LogP contribution is 2.29. The lowest BCUT2D eigenvalue weighted by atomic mass is 9.74. The van der Waals surface area contributed by atoms with E-state index in [9.17, 15) is 9.59 Å². The van der Waals surface area contributed by atoms with Gasteiger partial charge in [0.1, 0.15) is 17.5 Å². The number of ether oxygens (including phenoxy) is 1. The Kier molecular flexibility index (Phi) is 3.72. The van der Waals surface area contributed by atoms with Gasteiger partial charge in [0.2, 0.25) is 0 Å². The van der Waals surface area contributed by atoms with Crippen molar-refractivity contribution < 1.29 is 14.3 Å². The molecule has 0 radical (unpaired) electrons. The van der Waals surface area contributed by atoms with Crippen LogP contribution in [0, 0.1) is 17.8 Å². The first-order valence-electron chi connectivity index (χ1n) is 6.26. The van der Waals surface area contributed by atoms with Gasteiger partial charge in [0, 0.05) is 12.8 Å². The number of nitrogens with zero attached hydrogens (tertiary/aromatic N) is 1. The Balaban J connectivity index is 2.12. The molecule has 1 aliphatic heterocycles. The van der Waals surface area contributed by atoms with Crippen molar-refractivity contribution >= 4 is 17.3 Å². The molecule has 0 bridgehead atoms. The summed E-state index contributed by atoms with van der Waals surface area (Å²) in [6, 6.07) is 0. The Labute approximate surface area is 101 Å². The minimum Gasteiger partial charge on any atom is -0.374 e. The number of hydrogen-bond acceptors (Lipinski definition) is 4. The van der Waals surface area contributed by atoms with Crippen molar-refractivity contribution in [3.05, 3.63) is 0 Å². The van der Waals surface area contributed by atoms with Gasteiger partial charge in [-0.25, -0.2) is 0 Å². The molecule has 4 heteroatoms. The summed E-state index contributed by atoms with van der Waals surface area (Å²) in [4.78, 5) is 28.4. The molecule has 0 amide bonds. The fourth-order valence-corrected chi connectivity index (χ4v) is 2.50. The first-order chi connectivity index (χ1) is 8.09. The highest BCUT2D eigenvalue weighted by atomic mass is 16.5. The van der Waals surface area contributed by atoms with Gasteiger partial charge in [-0.05, 0) is 11.8 Å². The van der Waals surface area contributed by atoms with E-state index in [4.69, 9.17) is 4.74 Å². The molecular weight excluding hydrogens is 218 g/mol. The fourth-order valence-electron chi connectivity index (χ4n) is 2.50. The molecule has 1 fully saturated rings. The molecule has 0 aromatic heterocycles. The molecule has 1 aliphatic carbocycles. The maximum atomic E-state index is 12.1. The van der Waals surface area contributed by atoms with Crippen molar-refractivity contribution in [2.45, 2.75) is 26.7 Å². The van der Waals surface area contributed by atoms with Crippen molar-refractivity contribution in [2.75, 3.05) is 19.8 Å². The minimum absolute atomic E-state index is 0.0317. The average molecular weight is 237 g/mol. The van der Waals surface area contributed by atoms with Crippen LogP contribution in [0.2, 0.25) is 0 Å². The largest absolute Gasteiger partial charge is 0.374 e. The van der Waals surface area contributed by atoms with Crippen LogP contribution in [0.4, 0.5) is 0 Å². The Morgan fingerprint density at radius 3 is 2.35 bits per heavy atom. The van der Waals surface area contributed by atoms with E-state index in [0.29, 0.717) is 44.2 Å². The van der Waals surface area contributed by atoms with Crippen molar-refractivity contribution in [3.8, 4) is 0 Å². The van der Waals surface area contributed by atoms with Crippen LogP contribution in [-0.2, 0) is 14.3 Å². The van der Waals surface area contributed by atoms with Gasteiger partial charge >= 0.3 is 0 Å². The average Bonchev–Trinajstić information content (AvgIpc) is 2.29. The summed E-state index contributed by atoms with van der Waals surface area (Å²) in [5.74, 6) is 0.0449. The van der Waals surface area contributed by atoms with Gasteiger partial charge < -0.3 is 4.74 Å². The third-order valence-electron chi connectivity index (χ3n) is 3.65. The number of hydrogen-bond donors (Lipinski definition) is 0. The van der Waals surface area contributed by atoms with E-state index in [-0.39, 0.29) is 17.5 Å². The molecule has 2 aliphatic rings. The summed E-state index contributed by atoms with van der Waals surface area (Å²) in [6.07, 6.45) is 1.01. The molecule has 0 N–H and O–H groups in total. The van der Waals surface area contributed by atoms with Gasteiger partial charge in [-0.2, -0.15) is 0 Å². The molecule has 0 atom stereocenters. The second-order valence-corrected chi connectivity index (χ2v) is 5.20. The molecule has 0 aromatic carbocycles. The third kappa shape index (κ3) is 2.63. The van der Waals surface area contributed by atoms with Crippen LogP contribution in [0.5, 0.6) is 0 Å². The normalized spacial score (nSPS) is 30.6. The summed E-state index contributed by atoms with van der Waals surface area (Å²) >= 11 is 0. The molecule has 4 nitrogen and oxygen atoms in total. The molecule has 0 aromatic rings. The molecule has 94 valence electrons. The van der Waals surface area contributed by atoms with Crippen LogP contribution in [0.15, 0.2) is 4.99 Å². The Bertz CT molecular complexity index is 342. The number of carbonyl (C=O) groups is 2. The van der Waals surface area contributed by atoms with Crippen molar-refractivity contribution in [1.82, 2.24) is 0 Å². The SMILES string of the molecule is CC(C)C1CC(=O)C(C2=NCCOC2)C(=O)C1. The number of Topliss-reactive ketones (excluding diaryl/α,β-unsaturated/α-hetero) is 2. The first kappa shape index (κ1) is 12.4. The Hall–Kier alpha value is -1.03. The summed E-state index contributed by atoms with van der Waals surface area (Å²) in [5.41, 5.74) is 0.647. The fraction of sp³-hybridized carbons (Fsp3) is 0.769. The Morgan fingerprint density at radius 1 is 1.24 bits per heavy atom. The van der Waals surface area contributed by atoms with Gasteiger partial charge in [-0.1, -0.05) is 13.8 Å². The standard InChI is InChI=1S/C13H19NO3/c1-8(2)9-5-11(15)13(12(16)6-9)10-7-17-4-3-14-10/h8-9,13H,3-7H2,1-2H3. The molecular formula is C13H19NO3. The van der Waals surface area contributed by atoms with E-state index in [0.717, 1.165) is 0 Å². The molecule has 0 spiro atoms. The van der Waals surface area contributed by atoms with Gasteiger partial charge in [-0.3, -0.25) is 14.6 Å². The monoisotopic (exact) mass is 237 g/mol. The van der Waals surface area contributed by atoms with Crippen LogP contribution in [0.25, 0.3) is 0 Å². The lowest BCUT2D eigenvalue weighted by Gasteiger charge is -2.30. The molecule has 0 saturated heterocycles. The second-order valence-electron chi connectivity index (χ2n) is 5.20. The molecule has 1 heterocycles. The zero-order valence-corrected chi connectivity index (χ0v) is 10.4. The molecule has 1 saturated carbocycles. The van der Waals surface area contributed by atoms with Crippen LogP contribution in [0.1, 0.15) is 26.7 Å². The van der Waals surface area contributed by atoms with Crippen molar-refractivity contribution in [3.63, 3.8) is 0 Å². The van der Waals surface area contributed by atoms with Gasteiger partial charge in [0.15, 0.2) is 0 Å². The van der Waals surface area contributed by atoms with E-state index in [2.05, 4.69) is 18.8 Å². The van der Waals surface area contributed by atoms with Gasteiger partial charge in [0.25, 0.3) is 0 Å². The van der Waals surface area contributed by atoms with Crippen LogP contribution in [-0.4, -0.2) is 37.0 Å². The predicted molar refractivity (Wildman–Crippen MR) is 64.2 cm³/mol. The minimum atomic E-state index is -0.606.